The monoisotopic (exact) mass is 346 g/mol. The number of nitrogens with one attached hydrogen (secondary N) is 2. The van der Waals surface area contributed by atoms with E-state index in [2.05, 4.69) is 10.6 Å². The molecule has 0 spiro atoms. The first-order chi connectivity index (χ1) is 11.8. The van der Waals surface area contributed by atoms with Gasteiger partial charge in [-0.25, -0.2) is 4.79 Å². The number of hydrogen-bond acceptors (Lipinski definition) is 5. The van der Waals surface area contributed by atoms with Gasteiger partial charge in [-0.05, 0) is 39.3 Å². The van der Waals surface area contributed by atoms with Crippen molar-refractivity contribution in [2.24, 2.45) is 0 Å². The minimum atomic E-state index is -1.08. The second-order valence-corrected chi connectivity index (χ2v) is 6.19. The standard InChI is InChI=1S/C18H22N2O5/c1-10(2)19-18(23)20-17(22)12(4)25-16(21)8-13-9-24-15-7-11(3)5-6-14(13)15/h5-7,9-10,12H,8H2,1-4H3,(H2,19,20,22,23)/t12-/m0/s1. The van der Waals surface area contributed by atoms with Crippen LogP contribution in [0.25, 0.3) is 11.0 Å². The zero-order valence-corrected chi connectivity index (χ0v) is 14.7. The highest BCUT2D eigenvalue weighted by atomic mass is 16.5. The first-order valence-electron chi connectivity index (χ1n) is 8.04. The van der Waals surface area contributed by atoms with E-state index in [0.29, 0.717) is 11.1 Å². The molecule has 0 unspecified atom stereocenters. The number of esters is 1. The van der Waals surface area contributed by atoms with Crippen LogP contribution in [-0.2, 0) is 20.7 Å². The van der Waals surface area contributed by atoms with Gasteiger partial charge in [-0.15, -0.1) is 0 Å². The van der Waals surface area contributed by atoms with Crippen LogP contribution in [0.4, 0.5) is 4.79 Å². The molecule has 0 bridgehead atoms. The number of benzene rings is 1. The van der Waals surface area contributed by atoms with Gasteiger partial charge in [0.05, 0.1) is 12.7 Å². The van der Waals surface area contributed by atoms with Gasteiger partial charge in [0.1, 0.15) is 5.58 Å². The van der Waals surface area contributed by atoms with Crippen molar-refractivity contribution >= 4 is 28.9 Å². The largest absolute Gasteiger partial charge is 0.464 e. The molecule has 7 nitrogen and oxygen atoms in total. The number of rotatable bonds is 5. The van der Waals surface area contributed by atoms with E-state index in [-0.39, 0.29) is 12.5 Å². The van der Waals surface area contributed by atoms with Gasteiger partial charge >= 0.3 is 12.0 Å². The van der Waals surface area contributed by atoms with Gasteiger partial charge in [0.15, 0.2) is 6.10 Å². The van der Waals surface area contributed by atoms with E-state index < -0.39 is 24.0 Å². The van der Waals surface area contributed by atoms with Crippen LogP contribution in [0.3, 0.4) is 0 Å². The van der Waals surface area contributed by atoms with Gasteiger partial charge in [0, 0.05) is 17.0 Å². The van der Waals surface area contributed by atoms with Crippen molar-refractivity contribution in [1.82, 2.24) is 10.6 Å². The second kappa shape index (κ2) is 7.83. The Kier molecular flexibility index (Phi) is 5.80. The molecule has 1 heterocycles. The fourth-order valence-corrected chi connectivity index (χ4v) is 2.29. The smallest absolute Gasteiger partial charge is 0.321 e. The van der Waals surface area contributed by atoms with E-state index in [1.807, 2.05) is 25.1 Å². The minimum Gasteiger partial charge on any atom is -0.464 e. The molecule has 2 aromatic rings. The van der Waals surface area contributed by atoms with E-state index in [9.17, 15) is 14.4 Å². The summed E-state index contributed by atoms with van der Waals surface area (Å²) in [5.74, 6) is -1.26. The molecule has 0 fully saturated rings. The third kappa shape index (κ3) is 5.07. The van der Waals surface area contributed by atoms with Crippen LogP contribution < -0.4 is 10.6 Å². The fraction of sp³-hybridized carbons (Fsp3) is 0.389. The summed E-state index contributed by atoms with van der Waals surface area (Å²) >= 11 is 0. The molecule has 0 radical (unpaired) electrons. The number of furan rings is 1. The zero-order valence-electron chi connectivity index (χ0n) is 14.7. The second-order valence-electron chi connectivity index (χ2n) is 6.19. The summed E-state index contributed by atoms with van der Waals surface area (Å²) in [6.07, 6.45) is 0.406. The summed E-state index contributed by atoms with van der Waals surface area (Å²) in [5, 5.41) is 5.48. The highest BCUT2D eigenvalue weighted by Crippen LogP contribution is 2.23. The normalized spacial score (nSPS) is 12.0. The molecule has 2 N–H and O–H groups in total. The molecule has 134 valence electrons. The summed E-state index contributed by atoms with van der Waals surface area (Å²) in [5.41, 5.74) is 2.44. The Labute approximate surface area is 145 Å². The fourth-order valence-electron chi connectivity index (χ4n) is 2.29. The number of amides is 3. The van der Waals surface area contributed by atoms with Gasteiger partial charge in [-0.1, -0.05) is 12.1 Å². The molecule has 25 heavy (non-hydrogen) atoms. The zero-order chi connectivity index (χ0) is 18.6. The number of aryl methyl sites for hydroxylation is 1. The lowest BCUT2D eigenvalue weighted by atomic mass is 10.1. The van der Waals surface area contributed by atoms with Crippen LogP contribution >= 0.6 is 0 Å². The Balaban J connectivity index is 1.92. The maximum absolute atomic E-state index is 12.1. The van der Waals surface area contributed by atoms with Gasteiger partial charge in [0.2, 0.25) is 0 Å². The maximum atomic E-state index is 12.1. The summed E-state index contributed by atoms with van der Waals surface area (Å²) in [7, 11) is 0. The molecule has 3 amide bonds. The lowest BCUT2D eigenvalue weighted by Crippen LogP contribution is -2.46. The Morgan fingerprint density at radius 1 is 1.20 bits per heavy atom. The lowest BCUT2D eigenvalue weighted by Gasteiger charge is -2.14. The molecule has 0 saturated carbocycles. The van der Waals surface area contributed by atoms with E-state index in [1.165, 1.54) is 13.2 Å². The van der Waals surface area contributed by atoms with Gasteiger partial charge in [-0.2, -0.15) is 0 Å². The summed E-state index contributed by atoms with van der Waals surface area (Å²) in [6, 6.07) is 4.95. The molecule has 1 aromatic heterocycles. The average Bonchev–Trinajstić information content (AvgIpc) is 2.88. The third-order valence-electron chi connectivity index (χ3n) is 3.48. The number of urea groups is 1. The van der Waals surface area contributed by atoms with Crippen LogP contribution in [0, 0.1) is 6.92 Å². The van der Waals surface area contributed by atoms with Crippen LogP contribution in [0.1, 0.15) is 31.9 Å². The van der Waals surface area contributed by atoms with Crippen LogP contribution in [-0.4, -0.2) is 30.1 Å². The summed E-state index contributed by atoms with van der Waals surface area (Å²) in [6.45, 7) is 6.90. The van der Waals surface area contributed by atoms with E-state index in [1.54, 1.807) is 13.8 Å². The molecule has 1 aromatic carbocycles. The van der Waals surface area contributed by atoms with Crippen molar-refractivity contribution in [3.63, 3.8) is 0 Å². The van der Waals surface area contributed by atoms with E-state index in [4.69, 9.17) is 9.15 Å². The van der Waals surface area contributed by atoms with Crippen molar-refractivity contribution in [3.05, 3.63) is 35.6 Å². The highest BCUT2D eigenvalue weighted by molar-refractivity contribution is 5.97. The quantitative estimate of drug-likeness (QED) is 0.811. The van der Waals surface area contributed by atoms with Gasteiger partial charge in [0.25, 0.3) is 5.91 Å². The van der Waals surface area contributed by atoms with Crippen molar-refractivity contribution < 1.29 is 23.5 Å². The number of ether oxygens (including phenoxy) is 1. The molecule has 0 aliphatic rings. The Morgan fingerprint density at radius 3 is 2.60 bits per heavy atom. The molecular formula is C18H22N2O5. The number of carbonyl (C=O) groups is 3. The highest BCUT2D eigenvalue weighted by Gasteiger charge is 2.21. The van der Waals surface area contributed by atoms with E-state index in [0.717, 1.165) is 10.9 Å². The minimum absolute atomic E-state index is 0.0220. The summed E-state index contributed by atoms with van der Waals surface area (Å²) in [4.78, 5) is 35.4. The van der Waals surface area contributed by atoms with Crippen molar-refractivity contribution in [2.45, 2.75) is 46.3 Å². The predicted molar refractivity (Wildman–Crippen MR) is 92.0 cm³/mol. The van der Waals surface area contributed by atoms with Crippen LogP contribution in [0.2, 0.25) is 0 Å². The maximum Gasteiger partial charge on any atom is 0.321 e. The molecule has 0 aliphatic carbocycles. The van der Waals surface area contributed by atoms with Crippen LogP contribution in [0.15, 0.2) is 28.9 Å². The molecule has 0 aliphatic heterocycles. The Morgan fingerprint density at radius 2 is 1.92 bits per heavy atom. The average molecular weight is 346 g/mol. The predicted octanol–water partition coefficient (Wildman–Crippen LogP) is 2.45. The topological polar surface area (TPSA) is 97.6 Å². The number of carbonyl (C=O) groups excluding carboxylic acids is 3. The lowest BCUT2D eigenvalue weighted by molar-refractivity contribution is -0.153. The summed E-state index contributed by atoms with van der Waals surface area (Å²) < 4.78 is 10.5. The molecule has 0 saturated heterocycles. The number of hydrogen-bond donors (Lipinski definition) is 2. The van der Waals surface area contributed by atoms with Crippen molar-refractivity contribution in [1.29, 1.82) is 0 Å². The number of imide groups is 1. The SMILES string of the molecule is Cc1ccc2c(CC(=O)O[C@@H](C)C(=O)NC(=O)NC(C)C)coc2c1. The van der Waals surface area contributed by atoms with Crippen LogP contribution in [0.5, 0.6) is 0 Å². The molecule has 7 heteroatoms. The Bertz CT molecular complexity index is 794. The molecule has 2 rings (SSSR count). The van der Waals surface area contributed by atoms with Crippen molar-refractivity contribution in [3.8, 4) is 0 Å². The molecule has 1 atom stereocenters. The van der Waals surface area contributed by atoms with Crippen molar-refractivity contribution in [2.75, 3.05) is 0 Å². The first kappa shape index (κ1) is 18.5. The van der Waals surface area contributed by atoms with E-state index >= 15 is 0 Å². The third-order valence-corrected chi connectivity index (χ3v) is 3.48. The van der Waals surface area contributed by atoms with Gasteiger partial charge < -0.3 is 14.5 Å². The Hall–Kier alpha value is -2.83. The first-order valence-corrected chi connectivity index (χ1v) is 8.04. The number of fused-ring (bicyclic) bond motifs is 1. The molecular weight excluding hydrogens is 324 g/mol. The van der Waals surface area contributed by atoms with Gasteiger partial charge in [-0.3, -0.25) is 14.9 Å².